The highest BCUT2D eigenvalue weighted by Gasteiger charge is 2.03. The number of guanidine groups is 2. The molecule has 0 spiro atoms. The summed E-state index contributed by atoms with van der Waals surface area (Å²) in [5, 5.41) is 19.6. The van der Waals surface area contributed by atoms with Gasteiger partial charge in [0.05, 0.1) is 0 Å². The van der Waals surface area contributed by atoms with Crippen LogP contribution < -0.4 is 16.4 Å². The second-order valence-electron chi connectivity index (χ2n) is 2.95. The summed E-state index contributed by atoms with van der Waals surface area (Å²) in [5.74, 6) is -0.261. The molecule has 0 heterocycles. The highest BCUT2D eigenvalue weighted by Crippen LogP contribution is 2.19. The van der Waals surface area contributed by atoms with Gasteiger partial charge in [-0.15, -0.1) is 0 Å². The number of hydrogen-bond acceptors (Lipinski definition) is 2. The molecule has 5 nitrogen and oxygen atoms in total. The van der Waals surface area contributed by atoms with Gasteiger partial charge in [-0.25, -0.2) is 0 Å². The van der Waals surface area contributed by atoms with E-state index in [4.69, 9.17) is 16.6 Å². The molecule has 80 valence electrons. The Morgan fingerprint density at radius 1 is 1.40 bits per heavy atom. The smallest absolute Gasteiger partial charge is 0.199 e. The fraction of sp³-hybridized carbons (Fsp3) is 0.111. The molecule has 0 saturated carbocycles. The zero-order valence-electron chi connectivity index (χ0n) is 8.19. The van der Waals surface area contributed by atoms with Gasteiger partial charge in [-0.3, -0.25) is 16.1 Å². The van der Waals surface area contributed by atoms with Gasteiger partial charge in [0, 0.05) is 9.26 Å². The van der Waals surface area contributed by atoms with E-state index in [-0.39, 0.29) is 11.9 Å². The Hall–Kier alpha value is -1.31. The second-order valence-corrected chi connectivity index (χ2v) is 4.11. The normalized spacial score (nSPS) is 9.47. The molecule has 0 unspecified atom stereocenters. The van der Waals surface area contributed by atoms with Crippen molar-refractivity contribution in [3.05, 3.63) is 27.3 Å². The van der Waals surface area contributed by atoms with Crippen LogP contribution in [0.1, 0.15) is 5.56 Å². The van der Waals surface area contributed by atoms with E-state index >= 15 is 0 Å². The lowest BCUT2D eigenvalue weighted by atomic mass is 10.2. The zero-order valence-corrected chi connectivity index (χ0v) is 10.3. The van der Waals surface area contributed by atoms with Gasteiger partial charge in [0.2, 0.25) is 0 Å². The van der Waals surface area contributed by atoms with Crippen LogP contribution in [0.25, 0.3) is 0 Å². The zero-order chi connectivity index (χ0) is 11.4. The van der Waals surface area contributed by atoms with Crippen LogP contribution in [-0.4, -0.2) is 11.9 Å². The Bertz CT molecular complexity index is 401. The average molecular weight is 317 g/mol. The summed E-state index contributed by atoms with van der Waals surface area (Å²) in [6.07, 6.45) is 0. The van der Waals surface area contributed by atoms with Crippen molar-refractivity contribution < 1.29 is 0 Å². The number of anilines is 1. The van der Waals surface area contributed by atoms with E-state index in [9.17, 15) is 0 Å². The summed E-state index contributed by atoms with van der Waals surface area (Å²) in [7, 11) is 0. The molecule has 0 radical (unpaired) electrons. The average Bonchev–Trinajstić information content (AvgIpc) is 2.11. The van der Waals surface area contributed by atoms with E-state index in [1.165, 1.54) is 0 Å². The van der Waals surface area contributed by atoms with Crippen LogP contribution in [0, 0.1) is 21.3 Å². The molecule has 0 atom stereocenters. The number of nitrogens with two attached hydrogens (primary N) is 1. The van der Waals surface area contributed by atoms with Crippen LogP contribution >= 0.6 is 22.6 Å². The molecule has 0 saturated heterocycles. The Labute approximate surface area is 102 Å². The van der Waals surface area contributed by atoms with Crippen molar-refractivity contribution in [1.29, 1.82) is 10.8 Å². The first-order chi connectivity index (χ1) is 7.00. The summed E-state index contributed by atoms with van der Waals surface area (Å²) in [4.78, 5) is 0. The standard InChI is InChI=1S/C9H12IN5/c1-5-6(10)3-2-4-7(5)14-9(13)15-8(11)12/h2-4H,1H3,(H6,11,12,13,14,15). The third-order valence-corrected chi connectivity index (χ3v) is 2.96. The first-order valence-electron chi connectivity index (χ1n) is 4.22. The Morgan fingerprint density at radius 3 is 2.67 bits per heavy atom. The first-order valence-corrected chi connectivity index (χ1v) is 5.30. The van der Waals surface area contributed by atoms with E-state index in [0.29, 0.717) is 0 Å². The lowest BCUT2D eigenvalue weighted by molar-refractivity contribution is 1.20. The van der Waals surface area contributed by atoms with Gasteiger partial charge >= 0.3 is 0 Å². The molecule has 0 aliphatic rings. The Kier molecular flexibility index (Phi) is 3.89. The summed E-state index contributed by atoms with van der Waals surface area (Å²) in [6.45, 7) is 1.96. The van der Waals surface area contributed by atoms with Crippen molar-refractivity contribution in [2.45, 2.75) is 6.92 Å². The largest absolute Gasteiger partial charge is 0.370 e. The number of nitrogens with one attached hydrogen (secondary N) is 4. The van der Waals surface area contributed by atoms with E-state index in [1.54, 1.807) is 0 Å². The van der Waals surface area contributed by atoms with Crippen molar-refractivity contribution >= 4 is 40.2 Å². The molecular weight excluding hydrogens is 305 g/mol. The molecule has 0 aliphatic heterocycles. The maximum absolute atomic E-state index is 7.48. The van der Waals surface area contributed by atoms with Crippen LogP contribution in [-0.2, 0) is 0 Å². The molecule has 6 heteroatoms. The minimum atomic E-state index is -0.254. The van der Waals surface area contributed by atoms with Crippen molar-refractivity contribution in [1.82, 2.24) is 5.32 Å². The van der Waals surface area contributed by atoms with E-state index in [0.717, 1.165) is 14.8 Å². The molecule has 1 rings (SSSR count). The van der Waals surface area contributed by atoms with Gasteiger partial charge in [0.25, 0.3) is 0 Å². The van der Waals surface area contributed by atoms with Crippen LogP contribution in [0.15, 0.2) is 18.2 Å². The van der Waals surface area contributed by atoms with Crippen molar-refractivity contribution in [2.24, 2.45) is 5.73 Å². The van der Waals surface area contributed by atoms with Gasteiger partial charge in [0.1, 0.15) is 0 Å². The van der Waals surface area contributed by atoms with Crippen molar-refractivity contribution in [3.63, 3.8) is 0 Å². The van der Waals surface area contributed by atoms with Crippen LogP contribution in [0.5, 0.6) is 0 Å². The fourth-order valence-electron chi connectivity index (χ4n) is 1.04. The minimum absolute atomic E-state index is 0.00685. The lowest BCUT2D eigenvalue weighted by Gasteiger charge is -2.11. The molecule has 0 bridgehead atoms. The van der Waals surface area contributed by atoms with E-state index in [1.807, 2.05) is 25.1 Å². The minimum Gasteiger partial charge on any atom is -0.370 e. The SMILES string of the molecule is Cc1c(I)cccc1NC(=N)NC(=N)N. The maximum Gasteiger partial charge on any atom is 0.199 e. The van der Waals surface area contributed by atoms with E-state index in [2.05, 4.69) is 33.2 Å². The predicted molar refractivity (Wildman–Crippen MR) is 70.3 cm³/mol. The van der Waals surface area contributed by atoms with Gasteiger partial charge in [-0.1, -0.05) is 6.07 Å². The molecule has 0 aromatic heterocycles. The fourth-order valence-corrected chi connectivity index (χ4v) is 1.54. The van der Waals surface area contributed by atoms with Crippen LogP contribution in [0.4, 0.5) is 5.69 Å². The lowest BCUT2D eigenvalue weighted by Crippen LogP contribution is -2.39. The molecule has 6 N–H and O–H groups in total. The molecule has 0 fully saturated rings. The second kappa shape index (κ2) is 4.96. The highest BCUT2D eigenvalue weighted by molar-refractivity contribution is 14.1. The van der Waals surface area contributed by atoms with Crippen LogP contribution in [0.2, 0.25) is 0 Å². The first kappa shape index (κ1) is 11.8. The molecular formula is C9H12IN5. The molecule has 0 aliphatic carbocycles. The molecule has 0 amide bonds. The van der Waals surface area contributed by atoms with E-state index < -0.39 is 0 Å². The maximum atomic E-state index is 7.48. The summed E-state index contributed by atoms with van der Waals surface area (Å²) >= 11 is 2.22. The van der Waals surface area contributed by atoms with Gasteiger partial charge in [-0.05, 0) is 47.2 Å². The van der Waals surface area contributed by atoms with Gasteiger partial charge in [-0.2, -0.15) is 0 Å². The molecule has 1 aromatic rings. The monoisotopic (exact) mass is 317 g/mol. The Morgan fingerprint density at radius 2 is 2.07 bits per heavy atom. The Balaban J connectivity index is 2.77. The molecule has 1 aromatic carbocycles. The van der Waals surface area contributed by atoms with Crippen molar-refractivity contribution in [3.8, 4) is 0 Å². The molecule has 15 heavy (non-hydrogen) atoms. The van der Waals surface area contributed by atoms with Crippen molar-refractivity contribution in [2.75, 3.05) is 5.32 Å². The third-order valence-electron chi connectivity index (χ3n) is 1.79. The van der Waals surface area contributed by atoms with Gasteiger partial charge < -0.3 is 11.1 Å². The predicted octanol–water partition coefficient (Wildman–Crippen LogP) is 1.43. The summed E-state index contributed by atoms with van der Waals surface area (Å²) < 4.78 is 1.12. The summed E-state index contributed by atoms with van der Waals surface area (Å²) in [6, 6.07) is 5.76. The van der Waals surface area contributed by atoms with Crippen LogP contribution in [0.3, 0.4) is 0 Å². The highest BCUT2D eigenvalue weighted by atomic mass is 127. The number of benzene rings is 1. The topological polar surface area (TPSA) is 97.8 Å². The summed E-state index contributed by atoms with van der Waals surface area (Å²) in [5.41, 5.74) is 7.00. The quantitative estimate of drug-likeness (QED) is 0.308. The van der Waals surface area contributed by atoms with Gasteiger partial charge in [0.15, 0.2) is 11.9 Å². The third kappa shape index (κ3) is 3.39. The number of halogens is 1. The number of rotatable bonds is 1. The number of hydrogen-bond donors (Lipinski definition) is 5.